The molecule has 2 aromatic rings. The van der Waals surface area contributed by atoms with E-state index in [1.54, 1.807) is 50.5 Å². The standard InChI is InChI=1S/C22H25N3O4/c1-21-9-10-22(13-21,28-14-21)20(27)24-15-4-6-16(7-5-15)29-17-8-11-23-18(12-17)19(26)25(2)3/h4-8,11-12H,9-10,13-14H2,1-3H3,(H,24,27). The van der Waals surface area contributed by atoms with Crippen LogP contribution in [0.4, 0.5) is 5.69 Å². The first-order valence-electron chi connectivity index (χ1n) is 9.70. The fourth-order valence-corrected chi connectivity index (χ4v) is 4.00. The van der Waals surface area contributed by atoms with Crippen LogP contribution in [0.5, 0.6) is 11.5 Å². The Morgan fingerprint density at radius 3 is 2.48 bits per heavy atom. The maximum absolute atomic E-state index is 12.8. The van der Waals surface area contributed by atoms with E-state index in [9.17, 15) is 9.59 Å². The number of aromatic nitrogens is 1. The molecule has 0 radical (unpaired) electrons. The molecular weight excluding hydrogens is 370 g/mol. The van der Waals surface area contributed by atoms with Crippen molar-refractivity contribution >= 4 is 17.5 Å². The van der Waals surface area contributed by atoms with Crippen LogP contribution in [0.3, 0.4) is 0 Å². The van der Waals surface area contributed by atoms with Crippen LogP contribution in [0, 0.1) is 5.41 Å². The highest BCUT2D eigenvalue weighted by Gasteiger charge is 2.57. The monoisotopic (exact) mass is 395 g/mol. The van der Waals surface area contributed by atoms with E-state index in [-0.39, 0.29) is 17.2 Å². The average Bonchev–Trinajstić information content (AvgIpc) is 3.24. The molecule has 1 saturated carbocycles. The van der Waals surface area contributed by atoms with Gasteiger partial charge in [-0.05, 0) is 55.0 Å². The fraction of sp³-hybridized carbons (Fsp3) is 0.409. The van der Waals surface area contributed by atoms with E-state index in [0.29, 0.717) is 29.5 Å². The molecule has 1 N–H and O–H groups in total. The van der Waals surface area contributed by atoms with Gasteiger partial charge in [-0.15, -0.1) is 0 Å². The van der Waals surface area contributed by atoms with E-state index >= 15 is 0 Å². The summed E-state index contributed by atoms with van der Waals surface area (Å²) in [6, 6.07) is 10.4. The topological polar surface area (TPSA) is 80.8 Å². The molecule has 7 heteroatoms. The minimum atomic E-state index is -0.684. The number of benzene rings is 1. The van der Waals surface area contributed by atoms with Gasteiger partial charge in [0.05, 0.1) is 6.61 Å². The third kappa shape index (κ3) is 3.82. The summed E-state index contributed by atoms with van der Waals surface area (Å²) in [4.78, 5) is 30.3. The summed E-state index contributed by atoms with van der Waals surface area (Å²) >= 11 is 0. The first kappa shape index (κ1) is 19.4. The number of hydrogen-bond acceptors (Lipinski definition) is 5. The highest BCUT2D eigenvalue weighted by molar-refractivity contribution is 5.98. The molecule has 0 spiro atoms. The molecule has 2 amide bonds. The van der Waals surface area contributed by atoms with E-state index < -0.39 is 5.60 Å². The summed E-state index contributed by atoms with van der Waals surface area (Å²) in [6.07, 6.45) is 4.12. The Balaban J connectivity index is 1.41. The molecule has 2 atom stereocenters. The Kier molecular flexibility index (Phi) is 4.78. The summed E-state index contributed by atoms with van der Waals surface area (Å²) in [5.41, 5.74) is 0.456. The van der Waals surface area contributed by atoms with Crippen molar-refractivity contribution in [3.63, 3.8) is 0 Å². The Bertz CT molecular complexity index is 931. The van der Waals surface area contributed by atoms with E-state index in [4.69, 9.17) is 9.47 Å². The second kappa shape index (κ2) is 7.15. The number of nitrogens with zero attached hydrogens (tertiary/aromatic N) is 2. The number of nitrogens with one attached hydrogen (secondary N) is 1. The van der Waals surface area contributed by atoms with Crippen molar-refractivity contribution < 1.29 is 19.1 Å². The van der Waals surface area contributed by atoms with Crippen molar-refractivity contribution in [1.82, 2.24) is 9.88 Å². The van der Waals surface area contributed by atoms with Gasteiger partial charge in [-0.1, -0.05) is 6.92 Å². The molecule has 2 fully saturated rings. The highest BCUT2D eigenvalue weighted by Crippen LogP contribution is 2.52. The van der Waals surface area contributed by atoms with E-state index in [1.165, 1.54) is 11.1 Å². The van der Waals surface area contributed by atoms with Gasteiger partial charge in [-0.25, -0.2) is 0 Å². The largest absolute Gasteiger partial charge is 0.457 e. The molecule has 7 nitrogen and oxygen atoms in total. The number of carbonyl (C=O) groups excluding carboxylic acids is 2. The number of anilines is 1. The summed E-state index contributed by atoms with van der Waals surface area (Å²) in [6.45, 7) is 2.83. The summed E-state index contributed by atoms with van der Waals surface area (Å²) < 4.78 is 11.7. The zero-order valence-electron chi connectivity index (χ0n) is 16.9. The Morgan fingerprint density at radius 1 is 1.14 bits per heavy atom. The van der Waals surface area contributed by atoms with Crippen LogP contribution in [0.2, 0.25) is 0 Å². The lowest BCUT2D eigenvalue weighted by Gasteiger charge is -2.26. The maximum Gasteiger partial charge on any atom is 0.272 e. The summed E-state index contributed by atoms with van der Waals surface area (Å²) in [7, 11) is 3.35. The van der Waals surface area contributed by atoms with E-state index in [1.807, 2.05) is 0 Å². The molecular formula is C22H25N3O4. The minimum absolute atomic E-state index is 0.0756. The van der Waals surface area contributed by atoms with Gasteiger partial charge in [0, 0.05) is 32.0 Å². The fourth-order valence-electron chi connectivity index (χ4n) is 4.00. The van der Waals surface area contributed by atoms with Crippen molar-refractivity contribution in [2.75, 3.05) is 26.0 Å². The Hall–Kier alpha value is -2.93. The Labute approximate surface area is 170 Å². The van der Waals surface area contributed by atoms with Gasteiger partial charge in [0.1, 0.15) is 22.8 Å². The van der Waals surface area contributed by atoms with Gasteiger partial charge in [-0.2, -0.15) is 0 Å². The lowest BCUT2D eigenvalue weighted by molar-refractivity contribution is -0.137. The van der Waals surface area contributed by atoms with Gasteiger partial charge in [-0.3, -0.25) is 14.6 Å². The SMILES string of the molecule is CN(C)C(=O)c1cc(Oc2ccc(NC(=O)C34CCC(C)(CO3)C4)cc2)ccn1. The van der Waals surface area contributed by atoms with Crippen LogP contribution in [0.1, 0.15) is 36.7 Å². The molecule has 2 heterocycles. The molecule has 1 aliphatic carbocycles. The third-order valence-corrected chi connectivity index (χ3v) is 5.66. The van der Waals surface area contributed by atoms with Gasteiger partial charge in [0.15, 0.2) is 0 Å². The molecule has 2 unspecified atom stereocenters. The molecule has 1 aliphatic heterocycles. The smallest absolute Gasteiger partial charge is 0.272 e. The van der Waals surface area contributed by atoms with Crippen LogP contribution in [-0.4, -0.2) is 48.0 Å². The van der Waals surface area contributed by atoms with Gasteiger partial charge in [0.25, 0.3) is 11.8 Å². The van der Waals surface area contributed by atoms with Crippen LogP contribution in [0.25, 0.3) is 0 Å². The number of hydrogen-bond donors (Lipinski definition) is 1. The van der Waals surface area contributed by atoms with E-state index in [2.05, 4.69) is 17.2 Å². The number of rotatable bonds is 5. The molecule has 1 aromatic heterocycles. The predicted molar refractivity (Wildman–Crippen MR) is 108 cm³/mol. The molecule has 1 saturated heterocycles. The lowest BCUT2D eigenvalue weighted by atomic mass is 9.90. The van der Waals surface area contributed by atoms with Crippen molar-refractivity contribution in [3.05, 3.63) is 48.3 Å². The highest BCUT2D eigenvalue weighted by atomic mass is 16.5. The van der Waals surface area contributed by atoms with Crippen LogP contribution >= 0.6 is 0 Å². The number of ether oxygens (including phenoxy) is 2. The van der Waals surface area contributed by atoms with Crippen LogP contribution in [-0.2, 0) is 9.53 Å². The first-order chi connectivity index (χ1) is 13.8. The van der Waals surface area contributed by atoms with Crippen molar-refractivity contribution in [3.8, 4) is 11.5 Å². The molecule has 4 rings (SSSR count). The zero-order valence-corrected chi connectivity index (χ0v) is 16.9. The predicted octanol–water partition coefficient (Wildman–Crippen LogP) is 3.47. The number of carbonyl (C=O) groups is 2. The lowest BCUT2D eigenvalue weighted by Crippen LogP contribution is -2.41. The van der Waals surface area contributed by atoms with Crippen molar-refractivity contribution in [2.24, 2.45) is 5.41 Å². The summed E-state index contributed by atoms with van der Waals surface area (Å²) in [5.74, 6) is 0.852. The molecule has 152 valence electrons. The quantitative estimate of drug-likeness (QED) is 0.838. The maximum atomic E-state index is 12.8. The minimum Gasteiger partial charge on any atom is -0.457 e. The molecule has 1 aromatic carbocycles. The van der Waals surface area contributed by atoms with Gasteiger partial charge in [0.2, 0.25) is 0 Å². The normalized spacial score (nSPS) is 24.9. The van der Waals surface area contributed by atoms with Crippen LogP contribution < -0.4 is 10.1 Å². The van der Waals surface area contributed by atoms with Gasteiger partial charge < -0.3 is 19.7 Å². The van der Waals surface area contributed by atoms with Crippen molar-refractivity contribution in [2.45, 2.75) is 31.8 Å². The molecule has 2 aliphatic rings. The number of amides is 2. The van der Waals surface area contributed by atoms with E-state index in [0.717, 1.165) is 19.3 Å². The number of pyridine rings is 1. The Morgan fingerprint density at radius 2 is 1.90 bits per heavy atom. The summed E-state index contributed by atoms with van der Waals surface area (Å²) in [5, 5.41) is 2.97. The second-order valence-corrected chi connectivity index (χ2v) is 8.43. The number of fused-ring (bicyclic) bond motifs is 2. The third-order valence-electron chi connectivity index (χ3n) is 5.66. The average molecular weight is 395 g/mol. The van der Waals surface area contributed by atoms with Crippen LogP contribution in [0.15, 0.2) is 42.6 Å². The first-order valence-corrected chi connectivity index (χ1v) is 9.70. The zero-order chi connectivity index (χ0) is 20.6. The molecule has 29 heavy (non-hydrogen) atoms. The van der Waals surface area contributed by atoms with Crippen molar-refractivity contribution in [1.29, 1.82) is 0 Å². The second-order valence-electron chi connectivity index (χ2n) is 8.43. The van der Waals surface area contributed by atoms with Gasteiger partial charge >= 0.3 is 0 Å². The molecule has 2 bridgehead atoms.